The second-order valence-corrected chi connectivity index (χ2v) is 18.0. The van der Waals surface area contributed by atoms with Crippen molar-refractivity contribution >= 4 is 26.2 Å². The van der Waals surface area contributed by atoms with Crippen molar-refractivity contribution in [2.45, 2.75) is 84.5 Å². The van der Waals surface area contributed by atoms with Gasteiger partial charge in [-0.1, -0.05) is 22.3 Å². The third-order valence-electron chi connectivity index (χ3n) is 5.62. The van der Waals surface area contributed by atoms with Crippen molar-refractivity contribution in [1.82, 2.24) is 0 Å². The van der Waals surface area contributed by atoms with Gasteiger partial charge in [-0.05, 0) is 31.9 Å². The van der Waals surface area contributed by atoms with Gasteiger partial charge in [-0.25, -0.2) is 0 Å². The second-order valence-electron chi connectivity index (χ2n) is 9.61. The fraction of sp³-hybridized carbons (Fsp3) is 1.00. The van der Waals surface area contributed by atoms with E-state index < -0.39 is 38.4 Å². The maximum Gasteiger partial charge on any atom is 0.500 e. The van der Waals surface area contributed by atoms with Crippen LogP contribution in [0.25, 0.3) is 0 Å². The van der Waals surface area contributed by atoms with E-state index in [2.05, 4.69) is 0 Å². The van der Waals surface area contributed by atoms with E-state index >= 15 is 0 Å². The minimum atomic E-state index is -3.93. The first-order valence-electron chi connectivity index (χ1n) is 13.8. The van der Waals surface area contributed by atoms with Gasteiger partial charge in [-0.15, -0.1) is 0 Å². The molecule has 8 N–H and O–H groups in total. The molecule has 0 saturated carbocycles. The molecule has 4 atom stereocenters. The highest BCUT2D eigenvalue weighted by atomic mass is 28.4. The van der Waals surface area contributed by atoms with Crippen LogP contribution >= 0.6 is 0 Å². The first-order chi connectivity index (χ1) is 19.7. The van der Waals surface area contributed by atoms with E-state index in [9.17, 15) is 4.80 Å². The van der Waals surface area contributed by atoms with E-state index in [0.29, 0.717) is 44.8 Å². The van der Waals surface area contributed by atoms with Gasteiger partial charge < -0.3 is 76.3 Å². The van der Waals surface area contributed by atoms with Crippen LogP contribution in [0.2, 0.25) is 24.7 Å². The van der Waals surface area contributed by atoms with Crippen molar-refractivity contribution in [2.24, 2.45) is 0 Å². The largest absolute Gasteiger partial charge is 0.500 e. The summed E-state index contributed by atoms with van der Waals surface area (Å²) in [5.41, 5.74) is 0. The van der Waals surface area contributed by atoms with E-state index in [1.165, 1.54) is 7.11 Å². The Bertz CT molecular complexity index is 589. The molecule has 1 rings (SSSR count). The summed E-state index contributed by atoms with van der Waals surface area (Å²) in [6.45, 7) is 4.12. The summed E-state index contributed by atoms with van der Waals surface area (Å²) < 4.78 is 41.2. The van der Waals surface area contributed by atoms with Gasteiger partial charge in [0.2, 0.25) is 0 Å². The SMILES string of the molecule is C.C.C.CO[Si](C)(O)CCCOCC(O)CO.CO[Si](CCCOCC1CO1)(OC)OC.OCC(O)COCCC[Si](O)(O)O. The molecule has 280 valence electrons. The van der Waals surface area contributed by atoms with E-state index in [1.54, 1.807) is 27.9 Å². The fourth-order valence-corrected chi connectivity index (χ4v) is 6.20. The molecule has 1 aliphatic rings. The third-order valence-corrected chi connectivity index (χ3v) is 11.6. The lowest BCUT2D eigenvalue weighted by molar-refractivity contribution is 0.00589. The highest BCUT2D eigenvalue weighted by Gasteiger charge is 2.37. The van der Waals surface area contributed by atoms with Crippen LogP contribution in [0.1, 0.15) is 41.5 Å². The molecule has 1 saturated heterocycles. The van der Waals surface area contributed by atoms with Gasteiger partial charge in [0.1, 0.15) is 18.3 Å². The summed E-state index contributed by atoms with van der Waals surface area (Å²) in [5.74, 6) is 0. The predicted octanol–water partition coefficient (Wildman–Crippen LogP) is -0.303. The van der Waals surface area contributed by atoms with E-state index in [1.807, 2.05) is 0 Å². The molecule has 0 aromatic carbocycles. The number of aliphatic hydroxyl groups excluding tert-OH is 4. The maximum absolute atomic E-state index is 9.55. The summed E-state index contributed by atoms with van der Waals surface area (Å²) in [6.07, 6.45) is 0.516. The molecule has 45 heavy (non-hydrogen) atoms. The lowest BCUT2D eigenvalue weighted by Crippen LogP contribution is -2.42. The fourth-order valence-electron chi connectivity index (χ4n) is 2.89. The Labute approximate surface area is 274 Å². The molecule has 1 heterocycles. The summed E-state index contributed by atoms with van der Waals surface area (Å²) >= 11 is 0. The quantitative estimate of drug-likeness (QED) is 0.0363. The number of ether oxygens (including phenoxy) is 4. The van der Waals surface area contributed by atoms with E-state index in [4.69, 9.17) is 71.5 Å². The minimum Gasteiger partial charge on any atom is -0.411 e. The zero-order valence-corrected chi connectivity index (χ0v) is 28.7. The Balaban J connectivity index is -0.000000173. The third kappa shape index (κ3) is 36.7. The zero-order valence-electron chi connectivity index (χ0n) is 25.7. The van der Waals surface area contributed by atoms with E-state index in [-0.39, 0.29) is 61.4 Å². The Morgan fingerprint density at radius 3 is 1.42 bits per heavy atom. The second kappa shape index (κ2) is 32.6. The Hall–Kier alpha value is 0.0106. The van der Waals surface area contributed by atoms with Crippen LogP contribution in [-0.4, -0.2) is 172 Å². The van der Waals surface area contributed by atoms with E-state index in [0.717, 1.165) is 19.1 Å². The summed E-state index contributed by atoms with van der Waals surface area (Å²) in [5, 5.41) is 34.6. The topological polar surface area (TPSA) is 239 Å². The number of rotatable bonds is 24. The molecule has 0 aromatic heterocycles. The monoisotopic (exact) mass is 720 g/mol. The maximum atomic E-state index is 9.55. The molecule has 4 unspecified atom stereocenters. The van der Waals surface area contributed by atoms with Crippen LogP contribution in [0.5, 0.6) is 0 Å². The van der Waals surface area contributed by atoms with Crippen molar-refractivity contribution in [3.63, 3.8) is 0 Å². The number of hydrogen-bond donors (Lipinski definition) is 8. The van der Waals surface area contributed by atoms with Crippen LogP contribution in [-0.2, 0) is 36.7 Å². The smallest absolute Gasteiger partial charge is 0.411 e. The molecule has 19 heteroatoms. The number of hydrogen-bond acceptors (Lipinski definition) is 16. The number of epoxide rings is 1. The predicted molar refractivity (Wildman–Crippen MR) is 177 cm³/mol. The van der Waals surface area contributed by atoms with Gasteiger partial charge in [0.25, 0.3) is 0 Å². The molecule has 0 aliphatic carbocycles. The molecule has 1 fully saturated rings. The highest BCUT2D eigenvalue weighted by Crippen LogP contribution is 2.15. The van der Waals surface area contributed by atoms with Gasteiger partial charge in [-0.2, -0.15) is 0 Å². The molecule has 16 nitrogen and oxygen atoms in total. The molecule has 0 spiro atoms. The van der Waals surface area contributed by atoms with Gasteiger partial charge in [0.15, 0.2) is 0 Å². The molecule has 0 amide bonds. The highest BCUT2D eigenvalue weighted by molar-refractivity contribution is 6.64. The van der Waals surface area contributed by atoms with Crippen LogP contribution in [0.3, 0.4) is 0 Å². The lowest BCUT2D eigenvalue weighted by atomic mass is 10.4. The zero-order chi connectivity index (χ0) is 32.5. The summed E-state index contributed by atoms with van der Waals surface area (Å²) in [6, 6.07) is 1.31. The van der Waals surface area contributed by atoms with Crippen molar-refractivity contribution in [3.8, 4) is 0 Å². The van der Waals surface area contributed by atoms with Gasteiger partial charge in [-0.3, -0.25) is 0 Å². The molecule has 0 bridgehead atoms. The average Bonchev–Trinajstić information content (AvgIpc) is 3.79. The minimum absolute atomic E-state index is 0. The summed E-state index contributed by atoms with van der Waals surface area (Å²) in [4.78, 5) is 35.3. The molecule has 0 radical (unpaired) electrons. The Morgan fingerprint density at radius 2 is 1.07 bits per heavy atom. The van der Waals surface area contributed by atoms with Crippen LogP contribution in [0, 0.1) is 0 Å². The van der Waals surface area contributed by atoms with Crippen LogP contribution in [0.4, 0.5) is 0 Å². The number of aliphatic hydroxyl groups is 4. The first kappa shape index (κ1) is 54.5. The van der Waals surface area contributed by atoms with Crippen LogP contribution in [0.15, 0.2) is 0 Å². The normalized spacial score (nSPS) is 16.6. The Kier molecular flexibility index (Phi) is 39.4. The van der Waals surface area contributed by atoms with Crippen molar-refractivity contribution in [2.75, 3.05) is 87.9 Å². The molecule has 0 aromatic rings. The van der Waals surface area contributed by atoms with Gasteiger partial charge >= 0.3 is 26.2 Å². The molecule has 1 aliphatic heterocycles. The van der Waals surface area contributed by atoms with Crippen LogP contribution < -0.4 is 0 Å². The van der Waals surface area contributed by atoms with Gasteiger partial charge in [0.05, 0.1) is 39.6 Å². The standard InChI is InChI=1S/C9H20O5Si.C8H20O5Si.C6H16O6Si.3CH4/c1-10-15(11-2,12-3)6-4-5-13-7-9-8-14-9;1-12-14(2,11)5-3-4-13-7-8(10)6-9;7-4-6(8)5-12-2-1-3-13(9,10)11;;;/h9H,4-8H2,1-3H3;8-11H,3-7H2,1-2H3;6-11H,1-5H2;3*1H4. The van der Waals surface area contributed by atoms with Crippen molar-refractivity contribution < 1.29 is 76.3 Å². The van der Waals surface area contributed by atoms with Gasteiger partial charge in [0, 0.05) is 60.3 Å². The van der Waals surface area contributed by atoms with Crippen molar-refractivity contribution in [3.05, 3.63) is 0 Å². The molecular weight excluding hydrogens is 653 g/mol. The lowest BCUT2D eigenvalue weighted by Gasteiger charge is -2.24. The Morgan fingerprint density at radius 1 is 0.667 bits per heavy atom. The average molecular weight is 721 g/mol. The summed E-state index contributed by atoms with van der Waals surface area (Å²) in [7, 11) is -2.41. The first-order valence-corrected chi connectivity index (χ1v) is 20.3. The molecular formula is C26H68O16Si3. The van der Waals surface area contributed by atoms with Crippen molar-refractivity contribution in [1.29, 1.82) is 0 Å².